The van der Waals surface area contributed by atoms with Crippen LogP contribution in [0.4, 0.5) is 5.95 Å². The van der Waals surface area contributed by atoms with Gasteiger partial charge in [0, 0.05) is 6.42 Å². The molecule has 2 aromatic heterocycles. The van der Waals surface area contributed by atoms with Crippen LogP contribution in [0.1, 0.15) is 12.6 Å². The molecule has 1 aliphatic rings. The normalized spacial score (nSPS) is 27.2. The van der Waals surface area contributed by atoms with Gasteiger partial charge < -0.3 is 25.7 Å². The van der Waals surface area contributed by atoms with Crippen LogP contribution in [0, 0.1) is 4.64 Å². The number of aliphatic hydroxyl groups excluding tert-OH is 2. The molecule has 8 nitrogen and oxygen atoms in total. The zero-order chi connectivity index (χ0) is 13.6. The quantitative estimate of drug-likeness (QED) is 0.559. The van der Waals surface area contributed by atoms with Crippen LogP contribution < -0.4 is 5.73 Å². The number of imidazole rings is 1. The second kappa shape index (κ2) is 4.53. The zero-order valence-corrected chi connectivity index (χ0v) is 10.7. The van der Waals surface area contributed by atoms with Gasteiger partial charge in [-0.3, -0.25) is 4.57 Å². The summed E-state index contributed by atoms with van der Waals surface area (Å²) in [4.78, 5) is 11.0. The molecule has 0 amide bonds. The molecule has 1 aliphatic heterocycles. The summed E-state index contributed by atoms with van der Waals surface area (Å²) in [6.07, 6.45) is 0.179. The first kappa shape index (κ1) is 12.5. The van der Waals surface area contributed by atoms with E-state index in [1.807, 2.05) is 0 Å². The van der Waals surface area contributed by atoms with Crippen molar-refractivity contribution >= 4 is 29.3 Å². The number of nitrogens with one attached hydrogen (secondary N) is 1. The van der Waals surface area contributed by atoms with Crippen molar-refractivity contribution < 1.29 is 14.9 Å². The number of nitrogens with two attached hydrogens (primary N) is 1. The van der Waals surface area contributed by atoms with E-state index in [2.05, 4.69) is 15.0 Å². The third-order valence-electron chi connectivity index (χ3n) is 3.16. The fraction of sp³-hybridized carbons (Fsp3) is 0.500. The van der Waals surface area contributed by atoms with Crippen molar-refractivity contribution in [3.63, 3.8) is 0 Å². The Hall–Kier alpha value is -1.55. The molecular weight excluding hydrogens is 270 g/mol. The van der Waals surface area contributed by atoms with Gasteiger partial charge in [0.1, 0.15) is 23.5 Å². The fourth-order valence-electron chi connectivity index (χ4n) is 2.22. The summed E-state index contributed by atoms with van der Waals surface area (Å²) in [5.41, 5.74) is 6.74. The standard InChI is InChI=1S/C10H13N5O3S/c11-10-13-8-7(9(19)14-10)12-3-15(8)6-1-4(17)5(2-16)18-6/h3-6,16-17H,1-2H2,(H3,11,13,14,19)/t4?,5-,6?/m1/s1. The van der Waals surface area contributed by atoms with Crippen LogP contribution in [0.25, 0.3) is 11.2 Å². The van der Waals surface area contributed by atoms with Crippen molar-refractivity contribution in [1.82, 2.24) is 19.5 Å². The molecule has 3 rings (SSSR count). The van der Waals surface area contributed by atoms with Gasteiger partial charge in [-0.25, -0.2) is 9.97 Å². The Bertz CT molecular complexity index is 669. The van der Waals surface area contributed by atoms with Crippen LogP contribution in [0.15, 0.2) is 6.33 Å². The van der Waals surface area contributed by atoms with Gasteiger partial charge in [-0.15, -0.1) is 0 Å². The number of nitrogen functional groups attached to an aromatic ring is 1. The number of aromatic nitrogens is 4. The summed E-state index contributed by atoms with van der Waals surface area (Å²) >= 11 is 5.08. The molecule has 3 heterocycles. The lowest BCUT2D eigenvalue weighted by molar-refractivity contribution is -0.0432. The van der Waals surface area contributed by atoms with Gasteiger partial charge in [0.05, 0.1) is 19.0 Å². The third kappa shape index (κ3) is 2.00. The summed E-state index contributed by atoms with van der Waals surface area (Å²) < 4.78 is 7.57. The highest BCUT2D eigenvalue weighted by atomic mass is 32.1. The number of aromatic amines is 1. The molecule has 19 heavy (non-hydrogen) atoms. The molecule has 0 spiro atoms. The first-order valence-corrected chi connectivity index (χ1v) is 6.17. The molecule has 0 radical (unpaired) electrons. The highest BCUT2D eigenvalue weighted by Gasteiger charge is 2.35. The maximum absolute atomic E-state index is 9.75. The van der Waals surface area contributed by atoms with E-state index in [0.29, 0.717) is 22.2 Å². The van der Waals surface area contributed by atoms with Crippen LogP contribution in [-0.2, 0) is 4.74 Å². The van der Waals surface area contributed by atoms with E-state index in [-0.39, 0.29) is 12.6 Å². The highest BCUT2D eigenvalue weighted by molar-refractivity contribution is 7.71. The number of fused-ring (bicyclic) bond motifs is 1. The Morgan fingerprint density at radius 3 is 3.11 bits per heavy atom. The number of aliphatic hydroxyl groups is 2. The van der Waals surface area contributed by atoms with E-state index in [4.69, 9.17) is 27.8 Å². The van der Waals surface area contributed by atoms with Gasteiger partial charge >= 0.3 is 0 Å². The van der Waals surface area contributed by atoms with Gasteiger partial charge in [-0.2, -0.15) is 0 Å². The van der Waals surface area contributed by atoms with Crippen molar-refractivity contribution in [2.75, 3.05) is 12.3 Å². The van der Waals surface area contributed by atoms with E-state index in [0.717, 1.165) is 0 Å². The Morgan fingerprint density at radius 1 is 1.63 bits per heavy atom. The number of H-pyrrole nitrogens is 1. The molecule has 0 saturated carbocycles. The second-order valence-electron chi connectivity index (χ2n) is 4.39. The maximum Gasteiger partial charge on any atom is 0.200 e. The summed E-state index contributed by atoms with van der Waals surface area (Å²) in [5, 5.41) is 18.8. The predicted molar refractivity (Wildman–Crippen MR) is 68.7 cm³/mol. The van der Waals surface area contributed by atoms with Crippen LogP contribution in [-0.4, -0.2) is 48.5 Å². The average Bonchev–Trinajstić information content (AvgIpc) is 2.92. The summed E-state index contributed by atoms with van der Waals surface area (Å²) in [6, 6.07) is 0. The minimum absolute atomic E-state index is 0.191. The molecule has 2 unspecified atom stereocenters. The minimum atomic E-state index is -0.713. The van der Waals surface area contributed by atoms with Gasteiger partial charge in [0.15, 0.2) is 10.6 Å². The number of anilines is 1. The van der Waals surface area contributed by atoms with Crippen molar-refractivity contribution in [3.8, 4) is 0 Å². The smallest absolute Gasteiger partial charge is 0.200 e. The van der Waals surface area contributed by atoms with E-state index >= 15 is 0 Å². The van der Waals surface area contributed by atoms with Crippen molar-refractivity contribution in [3.05, 3.63) is 11.0 Å². The van der Waals surface area contributed by atoms with Crippen LogP contribution in [0.3, 0.4) is 0 Å². The summed E-state index contributed by atoms with van der Waals surface area (Å²) in [7, 11) is 0. The number of ether oxygens (including phenoxy) is 1. The largest absolute Gasteiger partial charge is 0.394 e. The molecule has 1 saturated heterocycles. The Balaban J connectivity index is 2.05. The maximum atomic E-state index is 9.75. The molecule has 2 aromatic rings. The van der Waals surface area contributed by atoms with E-state index in [9.17, 15) is 5.11 Å². The first-order chi connectivity index (χ1) is 9.10. The number of nitrogens with zero attached hydrogens (tertiary/aromatic N) is 3. The topological polar surface area (TPSA) is 122 Å². The van der Waals surface area contributed by atoms with E-state index in [1.54, 1.807) is 10.9 Å². The number of hydrogen-bond donors (Lipinski definition) is 4. The van der Waals surface area contributed by atoms with Gasteiger partial charge in [0.25, 0.3) is 0 Å². The predicted octanol–water partition coefficient (Wildman–Crippen LogP) is -0.288. The van der Waals surface area contributed by atoms with Gasteiger partial charge in [-0.1, -0.05) is 12.2 Å². The number of rotatable bonds is 2. The Labute approximate surface area is 112 Å². The first-order valence-electron chi connectivity index (χ1n) is 5.77. The lowest BCUT2D eigenvalue weighted by Crippen LogP contribution is -2.24. The minimum Gasteiger partial charge on any atom is -0.394 e. The molecule has 5 N–H and O–H groups in total. The summed E-state index contributed by atoms with van der Waals surface area (Å²) in [6.45, 7) is -0.232. The molecular formula is C10H13N5O3S. The lowest BCUT2D eigenvalue weighted by Gasteiger charge is -2.13. The fourth-order valence-corrected chi connectivity index (χ4v) is 2.47. The Morgan fingerprint density at radius 2 is 2.42 bits per heavy atom. The lowest BCUT2D eigenvalue weighted by atomic mass is 10.2. The van der Waals surface area contributed by atoms with Gasteiger partial charge in [-0.05, 0) is 0 Å². The molecule has 0 aromatic carbocycles. The zero-order valence-electron chi connectivity index (χ0n) is 9.85. The molecule has 3 atom stereocenters. The van der Waals surface area contributed by atoms with Crippen molar-refractivity contribution in [2.45, 2.75) is 24.9 Å². The monoisotopic (exact) mass is 283 g/mol. The second-order valence-corrected chi connectivity index (χ2v) is 4.78. The Kier molecular flexibility index (Phi) is 2.97. The number of hydrogen-bond acceptors (Lipinski definition) is 7. The average molecular weight is 283 g/mol. The molecule has 0 bridgehead atoms. The van der Waals surface area contributed by atoms with E-state index in [1.165, 1.54) is 0 Å². The van der Waals surface area contributed by atoms with Crippen LogP contribution >= 0.6 is 12.2 Å². The van der Waals surface area contributed by atoms with Gasteiger partial charge in [0.2, 0.25) is 0 Å². The molecule has 1 fully saturated rings. The van der Waals surface area contributed by atoms with Crippen LogP contribution in [0.2, 0.25) is 0 Å². The van der Waals surface area contributed by atoms with Crippen molar-refractivity contribution in [1.29, 1.82) is 0 Å². The molecule has 0 aliphatic carbocycles. The molecule has 9 heteroatoms. The highest BCUT2D eigenvalue weighted by Crippen LogP contribution is 2.30. The van der Waals surface area contributed by atoms with E-state index < -0.39 is 18.4 Å². The molecule has 102 valence electrons. The third-order valence-corrected chi connectivity index (χ3v) is 3.44. The summed E-state index contributed by atoms with van der Waals surface area (Å²) in [5.74, 6) is 0.191. The van der Waals surface area contributed by atoms with Crippen LogP contribution in [0.5, 0.6) is 0 Å². The van der Waals surface area contributed by atoms with Crippen molar-refractivity contribution in [2.24, 2.45) is 0 Å². The SMILES string of the molecule is Nc1nc(=S)c2ncn(C3CC(O)[C@@H](CO)O3)c2[nH]1.